The number of methoxy groups -OCH3 is 1. The Hall–Kier alpha value is -2.71. The van der Waals surface area contributed by atoms with Crippen LogP contribution in [0.2, 0.25) is 18.1 Å². The Morgan fingerprint density at radius 1 is 1.23 bits per heavy atom. The summed E-state index contributed by atoms with van der Waals surface area (Å²) in [6.45, 7) is 17.4. The first-order chi connectivity index (χ1) is 17.9. The van der Waals surface area contributed by atoms with E-state index in [-0.39, 0.29) is 23.9 Å². The fraction of sp³-hybridized carbons (Fsp3) is 0.517. The summed E-state index contributed by atoms with van der Waals surface area (Å²) in [7, 11) is -0.232. The topological polar surface area (TPSA) is 97.9 Å². The molecule has 0 aliphatic heterocycles. The Kier molecular flexibility index (Phi) is 9.33. The summed E-state index contributed by atoms with van der Waals surface area (Å²) in [5.41, 5.74) is 5.49. The Balaban J connectivity index is 0.00000420. The van der Waals surface area contributed by atoms with Gasteiger partial charge in [-0.2, -0.15) is 23.9 Å². The largest absolute Gasteiger partial charge is 0.416 e. The van der Waals surface area contributed by atoms with Crippen LogP contribution < -0.4 is 5.32 Å². The molecule has 210 valence electrons. The van der Waals surface area contributed by atoms with E-state index in [1.807, 2.05) is 29.8 Å². The molecule has 8 nitrogen and oxygen atoms in total. The highest BCUT2D eigenvalue weighted by Gasteiger charge is 2.42. The molecule has 0 unspecified atom stereocenters. The van der Waals surface area contributed by atoms with E-state index in [2.05, 4.69) is 68.3 Å². The molecule has 1 aliphatic carbocycles. The van der Waals surface area contributed by atoms with Crippen LogP contribution in [-0.2, 0) is 27.5 Å². The second-order valence-electron chi connectivity index (χ2n) is 12.0. The van der Waals surface area contributed by atoms with Gasteiger partial charge in [0.25, 0.3) is 0 Å². The summed E-state index contributed by atoms with van der Waals surface area (Å²) in [5.74, 6) is 1.28. The van der Waals surface area contributed by atoms with Crippen molar-refractivity contribution in [3.63, 3.8) is 0 Å². The van der Waals surface area contributed by atoms with E-state index in [0.29, 0.717) is 25.7 Å². The van der Waals surface area contributed by atoms with Gasteiger partial charge in [0.15, 0.2) is 8.32 Å². The summed E-state index contributed by atoms with van der Waals surface area (Å²) in [6, 6.07) is 10.5. The van der Waals surface area contributed by atoms with E-state index in [4.69, 9.17) is 14.1 Å². The highest BCUT2D eigenvalue weighted by atomic mass is 32.1. The minimum Gasteiger partial charge on any atom is -0.416 e. The number of nitriles is 1. The Morgan fingerprint density at radius 3 is 2.64 bits per heavy atom. The number of nitrogens with zero attached hydrogens (tertiary/aromatic N) is 5. The number of benzene rings is 1. The summed E-state index contributed by atoms with van der Waals surface area (Å²) in [6.07, 6.45) is 3.60. The van der Waals surface area contributed by atoms with Gasteiger partial charge in [0.2, 0.25) is 5.95 Å². The molecule has 4 rings (SSSR count). The third-order valence-electron chi connectivity index (χ3n) is 8.11. The van der Waals surface area contributed by atoms with Crippen molar-refractivity contribution in [2.75, 3.05) is 25.6 Å². The van der Waals surface area contributed by atoms with E-state index in [0.717, 1.165) is 46.7 Å². The van der Waals surface area contributed by atoms with Crippen LogP contribution in [0.5, 0.6) is 0 Å². The first kappa shape index (κ1) is 30.8. The van der Waals surface area contributed by atoms with Gasteiger partial charge in [-0.15, -0.1) is 0 Å². The smallest absolute Gasteiger partial charge is 0.228 e. The van der Waals surface area contributed by atoms with Gasteiger partial charge < -0.3 is 14.5 Å². The average molecular weight is 567 g/mol. The summed E-state index contributed by atoms with van der Waals surface area (Å²) in [4.78, 5) is 9.25. The minimum atomic E-state index is -1.91. The standard InChI is InChI=1S/C29H40N6O2Si.H2S/c1-20-15-26(35(34-20)13-14-36-6)33-27-31-12-10-25(32-27)21-16-22(18-30)23-9-11-29(5,24(23)17-21)19-37-38(7,8)28(2,3)4;/h10,12,15-17H,9,11,13-14,19H2,1-8H3,(H,31,32,33);1H2/t29-;/m0./s1. The highest BCUT2D eigenvalue weighted by Crippen LogP contribution is 2.44. The van der Waals surface area contributed by atoms with E-state index in [1.165, 1.54) is 5.56 Å². The second kappa shape index (κ2) is 11.8. The van der Waals surface area contributed by atoms with Crippen molar-refractivity contribution in [1.82, 2.24) is 19.7 Å². The molecule has 1 aliphatic rings. The van der Waals surface area contributed by atoms with Gasteiger partial charge >= 0.3 is 0 Å². The fourth-order valence-electron chi connectivity index (χ4n) is 4.66. The van der Waals surface area contributed by atoms with Crippen LogP contribution in [0.15, 0.2) is 30.5 Å². The molecule has 2 aromatic heterocycles. The highest BCUT2D eigenvalue weighted by molar-refractivity contribution is 7.59. The molecule has 2 heterocycles. The van der Waals surface area contributed by atoms with Gasteiger partial charge in [0, 0.05) is 37.0 Å². The number of nitrogens with one attached hydrogen (secondary N) is 1. The molecule has 0 fully saturated rings. The number of hydrogen-bond acceptors (Lipinski definition) is 7. The first-order valence-corrected chi connectivity index (χ1v) is 16.1. The van der Waals surface area contributed by atoms with Crippen molar-refractivity contribution in [3.05, 3.63) is 52.8 Å². The lowest BCUT2D eigenvalue weighted by Gasteiger charge is -2.39. The van der Waals surface area contributed by atoms with Gasteiger partial charge in [0.1, 0.15) is 5.82 Å². The molecule has 0 amide bonds. The zero-order valence-electron chi connectivity index (χ0n) is 24.5. The van der Waals surface area contributed by atoms with Crippen LogP contribution in [0.25, 0.3) is 11.3 Å². The van der Waals surface area contributed by atoms with Crippen LogP contribution >= 0.6 is 13.5 Å². The lowest BCUT2D eigenvalue weighted by Crippen LogP contribution is -2.44. The number of anilines is 2. The molecule has 1 atom stereocenters. The van der Waals surface area contributed by atoms with Crippen LogP contribution in [0.3, 0.4) is 0 Å². The SMILES string of the molecule is COCCn1nc(C)cc1Nc1nccc(-c2cc(C#N)c3c(c2)[C@](C)(CO[Si](C)(C)C(C)(C)C)CC3)n1.S. The van der Waals surface area contributed by atoms with Crippen molar-refractivity contribution in [1.29, 1.82) is 5.26 Å². The maximum Gasteiger partial charge on any atom is 0.228 e. The van der Waals surface area contributed by atoms with Crippen molar-refractivity contribution in [2.24, 2.45) is 0 Å². The molecule has 1 aromatic carbocycles. The lowest BCUT2D eigenvalue weighted by atomic mass is 9.83. The number of hydrogen-bond donors (Lipinski definition) is 1. The monoisotopic (exact) mass is 566 g/mol. The number of aryl methyl sites for hydroxylation is 1. The number of aromatic nitrogens is 4. The molecule has 0 radical (unpaired) electrons. The molecule has 0 saturated carbocycles. The van der Waals surface area contributed by atoms with E-state index >= 15 is 0 Å². The van der Waals surface area contributed by atoms with E-state index in [9.17, 15) is 5.26 Å². The average Bonchev–Trinajstić information content (AvgIpc) is 3.39. The van der Waals surface area contributed by atoms with Crippen LogP contribution in [-0.4, -0.2) is 48.4 Å². The quantitative estimate of drug-likeness (QED) is 0.306. The molecular weight excluding hydrogens is 525 g/mol. The van der Waals surface area contributed by atoms with Gasteiger partial charge in [-0.25, -0.2) is 14.6 Å². The zero-order valence-corrected chi connectivity index (χ0v) is 26.5. The molecule has 1 N–H and O–H groups in total. The second-order valence-corrected chi connectivity index (χ2v) is 16.9. The molecule has 39 heavy (non-hydrogen) atoms. The number of fused-ring (bicyclic) bond motifs is 1. The third kappa shape index (κ3) is 6.55. The molecule has 10 heteroatoms. The molecular formula is C29H42N6O2SSi. The molecule has 0 spiro atoms. The Labute approximate surface area is 240 Å². The maximum atomic E-state index is 10.0. The molecule has 0 saturated heterocycles. The minimum absolute atomic E-state index is 0. The fourth-order valence-corrected chi connectivity index (χ4v) is 5.77. The van der Waals surface area contributed by atoms with E-state index in [1.54, 1.807) is 13.3 Å². The zero-order chi connectivity index (χ0) is 27.7. The van der Waals surface area contributed by atoms with Crippen LogP contribution in [0.1, 0.15) is 56.5 Å². The van der Waals surface area contributed by atoms with Gasteiger partial charge in [-0.1, -0.05) is 27.7 Å². The van der Waals surface area contributed by atoms with Crippen molar-refractivity contribution in [2.45, 2.75) is 77.6 Å². The summed E-state index contributed by atoms with van der Waals surface area (Å²) < 4.78 is 13.8. The summed E-state index contributed by atoms with van der Waals surface area (Å²) in [5, 5.41) is 18.0. The molecule has 0 bridgehead atoms. The number of ether oxygens (including phenoxy) is 1. The third-order valence-corrected chi connectivity index (χ3v) is 12.6. The lowest BCUT2D eigenvalue weighted by molar-refractivity contribution is 0.184. The summed E-state index contributed by atoms with van der Waals surface area (Å²) >= 11 is 0. The van der Waals surface area contributed by atoms with Crippen LogP contribution in [0, 0.1) is 18.3 Å². The maximum absolute atomic E-state index is 10.0. The van der Waals surface area contributed by atoms with Gasteiger partial charge in [0.05, 0.1) is 36.2 Å². The predicted octanol–water partition coefficient (Wildman–Crippen LogP) is 6.25. The Morgan fingerprint density at radius 2 is 1.97 bits per heavy atom. The van der Waals surface area contributed by atoms with Gasteiger partial charge in [-0.05, 0) is 67.2 Å². The van der Waals surface area contributed by atoms with Crippen molar-refractivity contribution in [3.8, 4) is 17.3 Å². The van der Waals surface area contributed by atoms with Crippen molar-refractivity contribution >= 4 is 33.6 Å². The Bertz CT molecular complexity index is 1360. The normalized spacial score (nSPS) is 16.9. The first-order valence-electron chi connectivity index (χ1n) is 13.2. The van der Waals surface area contributed by atoms with Crippen LogP contribution in [0.4, 0.5) is 11.8 Å². The predicted molar refractivity (Wildman–Crippen MR) is 164 cm³/mol. The van der Waals surface area contributed by atoms with Gasteiger partial charge in [-0.3, -0.25) is 0 Å². The van der Waals surface area contributed by atoms with E-state index < -0.39 is 8.32 Å². The molecule has 3 aromatic rings. The number of rotatable bonds is 9. The van der Waals surface area contributed by atoms with Crippen molar-refractivity contribution < 1.29 is 9.16 Å².